The molecule has 0 saturated carbocycles. The van der Waals surface area contributed by atoms with Crippen molar-refractivity contribution in [1.82, 2.24) is 4.90 Å². The van der Waals surface area contributed by atoms with Gasteiger partial charge in [0, 0.05) is 18.5 Å². The molecule has 4 atom stereocenters. The summed E-state index contributed by atoms with van der Waals surface area (Å²) in [6.45, 7) is 6.76. The SMILES string of the molecule is CC(O)CC1CCCN1C(=O)C1CC(C)OC(C)C1. The molecule has 2 aliphatic heterocycles. The second-order valence-electron chi connectivity index (χ2n) is 6.34. The second kappa shape index (κ2) is 6.23. The molecule has 0 spiro atoms. The Bertz CT molecular complexity index is 309. The van der Waals surface area contributed by atoms with Crippen LogP contribution in [0.2, 0.25) is 0 Å². The molecule has 2 saturated heterocycles. The maximum atomic E-state index is 12.7. The van der Waals surface area contributed by atoms with E-state index < -0.39 is 0 Å². The lowest BCUT2D eigenvalue weighted by Gasteiger charge is -2.35. The Morgan fingerprint density at radius 2 is 2.00 bits per heavy atom. The van der Waals surface area contributed by atoms with Crippen LogP contribution in [0.15, 0.2) is 0 Å². The zero-order valence-electron chi connectivity index (χ0n) is 12.3. The largest absolute Gasteiger partial charge is 0.393 e. The first-order valence-corrected chi connectivity index (χ1v) is 7.61. The zero-order valence-corrected chi connectivity index (χ0v) is 12.3. The Balaban J connectivity index is 1.97. The van der Waals surface area contributed by atoms with Gasteiger partial charge in [-0.05, 0) is 52.9 Å². The van der Waals surface area contributed by atoms with Crippen LogP contribution in [-0.2, 0) is 9.53 Å². The van der Waals surface area contributed by atoms with E-state index >= 15 is 0 Å². The fourth-order valence-electron chi connectivity index (χ4n) is 3.61. The summed E-state index contributed by atoms with van der Waals surface area (Å²) in [5.41, 5.74) is 0. The van der Waals surface area contributed by atoms with E-state index in [0.717, 1.165) is 32.2 Å². The topological polar surface area (TPSA) is 49.8 Å². The Hall–Kier alpha value is -0.610. The second-order valence-corrected chi connectivity index (χ2v) is 6.34. The molecule has 2 heterocycles. The molecule has 19 heavy (non-hydrogen) atoms. The molecule has 0 aromatic carbocycles. The molecule has 2 aliphatic rings. The Labute approximate surface area is 116 Å². The number of carbonyl (C=O) groups excluding carboxylic acids is 1. The normalized spacial score (nSPS) is 37.4. The molecule has 0 radical (unpaired) electrons. The minimum atomic E-state index is -0.328. The van der Waals surface area contributed by atoms with Crippen molar-refractivity contribution >= 4 is 5.91 Å². The van der Waals surface area contributed by atoms with Crippen LogP contribution in [0.4, 0.5) is 0 Å². The predicted molar refractivity (Wildman–Crippen MR) is 73.8 cm³/mol. The van der Waals surface area contributed by atoms with E-state index in [1.54, 1.807) is 6.92 Å². The van der Waals surface area contributed by atoms with Gasteiger partial charge in [0.1, 0.15) is 0 Å². The minimum absolute atomic E-state index is 0.105. The fourth-order valence-corrected chi connectivity index (χ4v) is 3.61. The van der Waals surface area contributed by atoms with E-state index in [1.165, 1.54) is 0 Å². The molecule has 4 nitrogen and oxygen atoms in total. The number of amides is 1. The van der Waals surface area contributed by atoms with E-state index in [4.69, 9.17) is 4.74 Å². The van der Waals surface area contributed by atoms with Gasteiger partial charge in [0.25, 0.3) is 0 Å². The molecule has 2 rings (SSSR count). The van der Waals surface area contributed by atoms with Gasteiger partial charge in [-0.2, -0.15) is 0 Å². The number of carbonyl (C=O) groups is 1. The summed E-state index contributed by atoms with van der Waals surface area (Å²) < 4.78 is 5.71. The number of rotatable bonds is 3. The molecule has 0 aromatic heterocycles. The van der Waals surface area contributed by atoms with E-state index in [9.17, 15) is 9.90 Å². The van der Waals surface area contributed by atoms with Crippen LogP contribution in [0.5, 0.6) is 0 Å². The van der Waals surface area contributed by atoms with Crippen LogP contribution in [0.3, 0.4) is 0 Å². The number of hydrogen-bond acceptors (Lipinski definition) is 3. The van der Waals surface area contributed by atoms with E-state index in [1.807, 2.05) is 18.7 Å². The number of aliphatic hydroxyl groups is 1. The number of ether oxygens (including phenoxy) is 1. The van der Waals surface area contributed by atoms with E-state index in [-0.39, 0.29) is 36.2 Å². The van der Waals surface area contributed by atoms with Crippen LogP contribution in [0.1, 0.15) is 52.9 Å². The van der Waals surface area contributed by atoms with Gasteiger partial charge in [-0.15, -0.1) is 0 Å². The van der Waals surface area contributed by atoms with Crippen molar-refractivity contribution < 1.29 is 14.6 Å². The summed E-state index contributed by atoms with van der Waals surface area (Å²) in [6, 6.07) is 0.237. The molecular formula is C15H27NO3. The lowest BCUT2D eigenvalue weighted by molar-refractivity contribution is -0.144. The van der Waals surface area contributed by atoms with E-state index in [0.29, 0.717) is 6.42 Å². The summed E-state index contributed by atoms with van der Waals surface area (Å²) in [4.78, 5) is 14.7. The molecule has 1 amide bonds. The summed E-state index contributed by atoms with van der Waals surface area (Å²) in [5.74, 6) is 0.387. The van der Waals surface area contributed by atoms with Gasteiger partial charge >= 0.3 is 0 Å². The molecule has 1 N–H and O–H groups in total. The zero-order chi connectivity index (χ0) is 14.0. The van der Waals surface area contributed by atoms with Gasteiger partial charge in [0.05, 0.1) is 18.3 Å². The van der Waals surface area contributed by atoms with E-state index in [2.05, 4.69) is 0 Å². The lowest BCUT2D eigenvalue weighted by Crippen LogP contribution is -2.44. The first kappa shape index (κ1) is 14.8. The average molecular weight is 269 g/mol. The Morgan fingerprint density at radius 1 is 1.37 bits per heavy atom. The van der Waals surface area contributed by atoms with Crippen molar-refractivity contribution in [3.8, 4) is 0 Å². The van der Waals surface area contributed by atoms with Crippen LogP contribution in [-0.4, -0.2) is 46.8 Å². The highest BCUT2D eigenvalue weighted by molar-refractivity contribution is 5.79. The summed E-state index contributed by atoms with van der Waals surface area (Å²) in [7, 11) is 0. The van der Waals surface area contributed by atoms with Gasteiger partial charge in [-0.25, -0.2) is 0 Å². The maximum absolute atomic E-state index is 12.7. The number of hydrogen-bond donors (Lipinski definition) is 1. The fraction of sp³-hybridized carbons (Fsp3) is 0.933. The Kier molecular flexibility index (Phi) is 4.85. The quantitative estimate of drug-likeness (QED) is 0.852. The van der Waals surface area contributed by atoms with Crippen molar-refractivity contribution in [2.24, 2.45) is 5.92 Å². The highest BCUT2D eigenvalue weighted by Gasteiger charge is 2.36. The van der Waals surface area contributed by atoms with Crippen molar-refractivity contribution in [2.75, 3.05) is 6.54 Å². The average Bonchev–Trinajstić information content (AvgIpc) is 2.73. The number of likely N-dealkylation sites (tertiary alicyclic amines) is 1. The van der Waals surface area contributed by atoms with Gasteiger partial charge in [0.15, 0.2) is 0 Å². The molecule has 2 fully saturated rings. The van der Waals surface area contributed by atoms with Crippen molar-refractivity contribution in [3.05, 3.63) is 0 Å². The first-order chi connectivity index (χ1) is 8.97. The van der Waals surface area contributed by atoms with Gasteiger partial charge in [-0.1, -0.05) is 0 Å². The maximum Gasteiger partial charge on any atom is 0.226 e. The molecule has 110 valence electrons. The smallest absolute Gasteiger partial charge is 0.226 e. The summed E-state index contributed by atoms with van der Waals surface area (Å²) in [5, 5.41) is 9.55. The molecule has 0 aromatic rings. The summed E-state index contributed by atoms with van der Waals surface area (Å²) in [6.07, 6.45) is 4.50. The third kappa shape index (κ3) is 3.69. The number of aliphatic hydroxyl groups excluding tert-OH is 1. The highest BCUT2D eigenvalue weighted by atomic mass is 16.5. The third-order valence-electron chi connectivity index (χ3n) is 4.32. The molecule has 0 bridgehead atoms. The molecular weight excluding hydrogens is 242 g/mol. The monoisotopic (exact) mass is 269 g/mol. The first-order valence-electron chi connectivity index (χ1n) is 7.61. The van der Waals surface area contributed by atoms with Crippen molar-refractivity contribution in [3.63, 3.8) is 0 Å². The summed E-state index contributed by atoms with van der Waals surface area (Å²) >= 11 is 0. The number of nitrogens with zero attached hydrogens (tertiary/aromatic N) is 1. The molecule has 4 unspecified atom stereocenters. The third-order valence-corrected chi connectivity index (χ3v) is 4.32. The Morgan fingerprint density at radius 3 is 2.58 bits per heavy atom. The molecule has 0 aliphatic carbocycles. The predicted octanol–water partition coefficient (Wildman–Crippen LogP) is 1.95. The highest BCUT2D eigenvalue weighted by Crippen LogP contribution is 2.30. The van der Waals surface area contributed by atoms with Crippen LogP contribution in [0.25, 0.3) is 0 Å². The standard InChI is InChI=1S/C15H27NO3/c1-10(17)7-14-5-4-6-16(14)15(18)13-8-11(2)19-12(3)9-13/h10-14,17H,4-9H2,1-3H3. The van der Waals surface area contributed by atoms with Gasteiger partial charge in [0.2, 0.25) is 5.91 Å². The van der Waals surface area contributed by atoms with Crippen LogP contribution >= 0.6 is 0 Å². The minimum Gasteiger partial charge on any atom is -0.393 e. The van der Waals surface area contributed by atoms with Crippen molar-refractivity contribution in [1.29, 1.82) is 0 Å². The van der Waals surface area contributed by atoms with Crippen LogP contribution < -0.4 is 0 Å². The lowest BCUT2D eigenvalue weighted by atomic mass is 9.91. The van der Waals surface area contributed by atoms with Crippen molar-refractivity contribution in [2.45, 2.75) is 77.2 Å². The van der Waals surface area contributed by atoms with Gasteiger partial charge in [-0.3, -0.25) is 4.79 Å². The molecule has 4 heteroatoms. The van der Waals surface area contributed by atoms with Crippen LogP contribution in [0, 0.1) is 5.92 Å². The van der Waals surface area contributed by atoms with Gasteiger partial charge < -0.3 is 14.7 Å².